The fourth-order valence-electron chi connectivity index (χ4n) is 7.58. The zero-order valence-corrected chi connectivity index (χ0v) is 31.7. The number of carbonyl (C=O) groups is 3. The molecular weight excluding hydrogens is 718 g/mol. The molecule has 2 aliphatic heterocycles. The van der Waals surface area contributed by atoms with Gasteiger partial charge in [-0.05, 0) is 69.4 Å². The number of hydrogen-bond acceptors (Lipinski definition) is 9. The maximum absolute atomic E-state index is 14.8. The lowest BCUT2D eigenvalue weighted by Gasteiger charge is -2.43. The van der Waals surface area contributed by atoms with Gasteiger partial charge in [-0.3, -0.25) is 14.4 Å². The number of carbonyl (C=O) groups excluding carboxylic acids is 3. The fraction of sp³-hybridized carbons (Fsp3) is 0.553. The number of ether oxygens (including phenoxy) is 4. The molecule has 0 N–H and O–H groups in total. The minimum absolute atomic E-state index is 0.0258. The van der Waals surface area contributed by atoms with Crippen LogP contribution < -0.4 is 14.2 Å². The lowest BCUT2D eigenvalue weighted by molar-refractivity contribution is -0.159. The molecule has 51 heavy (non-hydrogen) atoms. The van der Waals surface area contributed by atoms with Crippen LogP contribution in [0.1, 0.15) is 87.3 Å². The van der Waals surface area contributed by atoms with Crippen molar-refractivity contribution in [1.82, 2.24) is 24.8 Å². The number of fused-ring (bicyclic) bond motifs is 1. The summed E-state index contributed by atoms with van der Waals surface area (Å²) in [7, 11) is 3.14. The van der Waals surface area contributed by atoms with Gasteiger partial charge in [0.05, 0.1) is 38.3 Å². The molecule has 1 saturated heterocycles. The predicted molar refractivity (Wildman–Crippen MR) is 192 cm³/mol. The highest BCUT2D eigenvalue weighted by atomic mass is 79.9. The summed E-state index contributed by atoms with van der Waals surface area (Å²) < 4.78 is 25.8. The number of nitrogens with zero attached hydrogens (tertiary/aromatic N) is 5. The summed E-state index contributed by atoms with van der Waals surface area (Å²) in [6.07, 6.45) is 6.10. The largest absolute Gasteiger partial charge is 0.497 e. The molecule has 0 spiro atoms. The molecule has 2 amide bonds. The van der Waals surface area contributed by atoms with Crippen LogP contribution in [0.4, 0.5) is 0 Å². The molecule has 1 aliphatic carbocycles. The fourth-order valence-corrected chi connectivity index (χ4v) is 8.12. The average Bonchev–Trinajstić information content (AvgIpc) is 3.76. The standard InChI is InChI=1S/C38H48BrN5O7/c1-23(2)44-19-26(40-41-44)22-50-33-13-12-31(39)30-15-17-43(32(35(30)33)20-42-16-14-24(3)36(42)45)37(46)28-8-6-7-9-29(28)38(47)51-21-25-10-11-27(48-4)18-34(25)49-5/h10-13,18-19,23-24,28-29,32H,6-9,14-17,20-22H2,1-5H3/t24?,28-,29+,32-/m1/s1. The highest BCUT2D eigenvalue weighted by Gasteiger charge is 2.44. The second kappa shape index (κ2) is 16.0. The van der Waals surface area contributed by atoms with Gasteiger partial charge in [0.25, 0.3) is 0 Å². The zero-order chi connectivity index (χ0) is 36.2. The zero-order valence-electron chi connectivity index (χ0n) is 30.1. The number of hydrogen-bond donors (Lipinski definition) is 0. The number of methoxy groups -OCH3 is 2. The Morgan fingerprint density at radius 2 is 1.76 bits per heavy atom. The summed E-state index contributed by atoms with van der Waals surface area (Å²) in [6.45, 7) is 7.69. The molecule has 4 atom stereocenters. The Hall–Kier alpha value is -4.13. The lowest BCUT2D eigenvalue weighted by atomic mass is 9.77. The van der Waals surface area contributed by atoms with Crippen molar-refractivity contribution in [2.24, 2.45) is 17.8 Å². The third kappa shape index (κ3) is 7.88. The molecule has 6 rings (SSSR count). The van der Waals surface area contributed by atoms with Gasteiger partial charge in [0, 0.05) is 53.3 Å². The Labute approximate surface area is 307 Å². The topological polar surface area (TPSA) is 125 Å². The van der Waals surface area contributed by atoms with E-state index in [1.165, 1.54) is 0 Å². The summed E-state index contributed by atoms with van der Waals surface area (Å²) >= 11 is 3.77. The molecule has 12 nitrogen and oxygen atoms in total. The molecular formula is C38H48BrN5O7. The van der Waals surface area contributed by atoms with E-state index in [-0.39, 0.29) is 43.0 Å². The Morgan fingerprint density at radius 1 is 0.980 bits per heavy atom. The van der Waals surface area contributed by atoms with Gasteiger partial charge in [0.2, 0.25) is 11.8 Å². The number of likely N-dealkylation sites (tertiary alicyclic amines) is 1. The van der Waals surface area contributed by atoms with E-state index in [1.807, 2.05) is 55.0 Å². The second-order valence-electron chi connectivity index (χ2n) is 14.1. The van der Waals surface area contributed by atoms with E-state index >= 15 is 0 Å². The number of aromatic nitrogens is 3. The van der Waals surface area contributed by atoms with E-state index in [4.69, 9.17) is 18.9 Å². The van der Waals surface area contributed by atoms with Crippen molar-refractivity contribution >= 4 is 33.7 Å². The maximum Gasteiger partial charge on any atom is 0.310 e. The molecule has 1 saturated carbocycles. The lowest BCUT2D eigenvalue weighted by Crippen LogP contribution is -2.50. The third-order valence-corrected chi connectivity index (χ3v) is 11.3. The van der Waals surface area contributed by atoms with Crippen LogP contribution in [0.25, 0.3) is 0 Å². The van der Waals surface area contributed by atoms with Crippen LogP contribution in [0.5, 0.6) is 17.2 Å². The molecule has 0 radical (unpaired) electrons. The van der Waals surface area contributed by atoms with Crippen LogP contribution in [0, 0.1) is 17.8 Å². The summed E-state index contributed by atoms with van der Waals surface area (Å²) in [5.41, 5.74) is 3.35. The molecule has 0 bridgehead atoms. The first-order valence-corrected chi connectivity index (χ1v) is 18.7. The van der Waals surface area contributed by atoms with Crippen molar-refractivity contribution in [1.29, 1.82) is 0 Å². The Kier molecular flexibility index (Phi) is 11.5. The van der Waals surface area contributed by atoms with E-state index in [0.29, 0.717) is 67.4 Å². The summed E-state index contributed by atoms with van der Waals surface area (Å²) in [4.78, 5) is 45.6. The van der Waals surface area contributed by atoms with Gasteiger partial charge in [-0.25, -0.2) is 4.68 Å². The van der Waals surface area contributed by atoms with Gasteiger partial charge >= 0.3 is 5.97 Å². The van der Waals surface area contributed by atoms with Crippen molar-refractivity contribution in [3.8, 4) is 17.2 Å². The highest BCUT2D eigenvalue weighted by molar-refractivity contribution is 9.10. The molecule has 3 heterocycles. The molecule has 2 aromatic carbocycles. The highest BCUT2D eigenvalue weighted by Crippen LogP contribution is 2.44. The normalized spacial score (nSPS) is 21.8. The molecule has 274 valence electrons. The Balaban J connectivity index is 1.27. The minimum atomic E-state index is -0.576. The van der Waals surface area contributed by atoms with Crippen molar-refractivity contribution in [2.45, 2.75) is 84.6 Å². The van der Waals surface area contributed by atoms with Gasteiger partial charge < -0.3 is 28.7 Å². The van der Waals surface area contributed by atoms with E-state index in [1.54, 1.807) is 31.0 Å². The average molecular weight is 767 g/mol. The van der Waals surface area contributed by atoms with Crippen molar-refractivity contribution in [2.75, 3.05) is 33.9 Å². The van der Waals surface area contributed by atoms with E-state index < -0.39 is 17.9 Å². The maximum atomic E-state index is 14.8. The number of esters is 1. The van der Waals surface area contributed by atoms with E-state index in [0.717, 1.165) is 34.9 Å². The van der Waals surface area contributed by atoms with Crippen molar-refractivity contribution < 1.29 is 33.3 Å². The third-order valence-electron chi connectivity index (χ3n) is 10.5. The smallest absolute Gasteiger partial charge is 0.310 e. The Bertz CT molecular complexity index is 1750. The molecule has 1 aromatic heterocycles. The first-order valence-electron chi connectivity index (χ1n) is 17.9. The summed E-state index contributed by atoms with van der Waals surface area (Å²) in [5, 5.41) is 8.50. The van der Waals surface area contributed by atoms with E-state index in [9.17, 15) is 14.4 Å². The molecule has 2 fully saturated rings. The Morgan fingerprint density at radius 3 is 2.45 bits per heavy atom. The number of rotatable bonds is 12. The van der Waals surface area contributed by atoms with Crippen LogP contribution in [-0.4, -0.2) is 76.4 Å². The second-order valence-corrected chi connectivity index (χ2v) is 14.9. The molecule has 13 heteroatoms. The van der Waals surface area contributed by atoms with Crippen molar-refractivity contribution in [3.05, 3.63) is 63.4 Å². The molecule has 1 unspecified atom stereocenters. The minimum Gasteiger partial charge on any atom is -0.497 e. The quantitative estimate of drug-likeness (QED) is 0.202. The van der Waals surface area contributed by atoms with Gasteiger partial charge in [-0.15, -0.1) is 5.10 Å². The summed E-state index contributed by atoms with van der Waals surface area (Å²) in [6, 6.07) is 8.96. The SMILES string of the molecule is COc1ccc(COC(=O)[C@H]2CCCC[C@H]2C(=O)N2CCc3c(Br)ccc(OCc4cn(C(C)C)nn4)c3[C@H]2CN2CCC(C)C2=O)c(OC)c1. The van der Waals surface area contributed by atoms with Crippen LogP contribution in [0.2, 0.25) is 0 Å². The van der Waals surface area contributed by atoms with Crippen LogP contribution in [0.3, 0.4) is 0 Å². The number of halogens is 1. The first kappa shape index (κ1) is 36.7. The molecule has 3 aromatic rings. The van der Waals surface area contributed by atoms with Gasteiger partial charge in [-0.2, -0.15) is 0 Å². The van der Waals surface area contributed by atoms with Gasteiger partial charge in [0.1, 0.15) is 36.2 Å². The van der Waals surface area contributed by atoms with E-state index in [2.05, 4.69) is 26.2 Å². The number of benzene rings is 2. The van der Waals surface area contributed by atoms with Crippen LogP contribution in [-0.2, 0) is 38.8 Å². The number of amides is 2. The summed E-state index contributed by atoms with van der Waals surface area (Å²) in [5.74, 6) is 0.282. The van der Waals surface area contributed by atoms with Crippen molar-refractivity contribution in [3.63, 3.8) is 0 Å². The van der Waals surface area contributed by atoms with Gasteiger partial charge in [0.15, 0.2) is 0 Å². The molecule has 3 aliphatic rings. The van der Waals surface area contributed by atoms with Gasteiger partial charge in [-0.1, -0.05) is 40.9 Å². The first-order chi connectivity index (χ1) is 24.6. The monoisotopic (exact) mass is 765 g/mol. The van der Waals surface area contributed by atoms with Crippen LogP contribution >= 0.6 is 15.9 Å². The predicted octanol–water partition coefficient (Wildman–Crippen LogP) is 6.06. The van der Waals surface area contributed by atoms with Crippen LogP contribution in [0.15, 0.2) is 41.0 Å².